The lowest BCUT2D eigenvalue weighted by Gasteiger charge is -2.30. The largest absolute Gasteiger partial charge is 0.423 e. The highest BCUT2D eigenvalue weighted by Crippen LogP contribution is 2.35. The van der Waals surface area contributed by atoms with Crippen LogP contribution in [0.15, 0.2) is 48.5 Å². The average Bonchev–Trinajstić information content (AvgIpc) is 2.61. The maximum Gasteiger partial charge on any atom is 0.331 e. The van der Waals surface area contributed by atoms with E-state index in [1.54, 1.807) is 16.8 Å². The summed E-state index contributed by atoms with van der Waals surface area (Å²) < 4.78 is 5.08. The molecule has 0 radical (unpaired) electrons. The Kier molecular flexibility index (Phi) is 4.83. The Balaban J connectivity index is 1.74. The van der Waals surface area contributed by atoms with Crippen molar-refractivity contribution in [1.82, 2.24) is 4.90 Å². The molecule has 0 saturated carbocycles. The van der Waals surface area contributed by atoms with Gasteiger partial charge in [-0.3, -0.25) is 14.9 Å². The number of likely N-dealkylation sites (N-methyl/N-ethyl adjacent to an activating group) is 1. The quantitative estimate of drug-likeness (QED) is 0.352. The monoisotopic (exact) mass is 355 g/mol. The molecule has 1 heterocycles. The van der Waals surface area contributed by atoms with Gasteiger partial charge in [-0.25, -0.2) is 4.79 Å². The highest BCUT2D eigenvalue weighted by atomic mass is 16.6. The second kappa shape index (κ2) is 7.22. The smallest absolute Gasteiger partial charge is 0.331 e. The van der Waals surface area contributed by atoms with E-state index in [1.807, 2.05) is 30.3 Å². The summed E-state index contributed by atoms with van der Waals surface area (Å²) in [4.78, 5) is 37.8. The first kappa shape index (κ1) is 17.4. The summed E-state index contributed by atoms with van der Waals surface area (Å²) in [6, 6.07) is 13.6. The molecule has 1 aliphatic heterocycles. The van der Waals surface area contributed by atoms with Gasteiger partial charge in [0.15, 0.2) is 5.75 Å². The normalized spacial score (nSPS) is 13.0. The zero-order valence-corrected chi connectivity index (χ0v) is 14.1. The van der Waals surface area contributed by atoms with Gasteiger partial charge in [-0.2, -0.15) is 0 Å². The molecule has 0 saturated heterocycles. The van der Waals surface area contributed by atoms with E-state index >= 15 is 0 Å². The molecule has 0 unspecified atom stereocenters. The van der Waals surface area contributed by atoms with Crippen LogP contribution in [0.25, 0.3) is 0 Å². The first-order valence-corrected chi connectivity index (χ1v) is 7.96. The number of fused-ring (bicyclic) bond motifs is 1. The number of anilines is 1. The highest BCUT2D eigenvalue weighted by molar-refractivity contribution is 5.89. The number of hydrogen-bond acceptors (Lipinski definition) is 6. The van der Waals surface area contributed by atoms with Gasteiger partial charge in [0.1, 0.15) is 6.54 Å². The minimum Gasteiger partial charge on any atom is -0.423 e. The third kappa shape index (κ3) is 3.80. The molecule has 1 amide bonds. The highest BCUT2D eigenvalue weighted by Gasteiger charge is 2.28. The lowest BCUT2D eigenvalue weighted by Crippen LogP contribution is -2.43. The van der Waals surface area contributed by atoms with Crippen LogP contribution in [0, 0.1) is 10.1 Å². The van der Waals surface area contributed by atoms with E-state index in [9.17, 15) is 19.7 Å². The Morgan fingerprint density at radius 2 is 2.00 bits per heavy atom. The summed E-state index contributed by atoms with van der Waals surface area (Å²) in [5.41, 5.74) is 1.31. The molecule has 2 aromatic carbocycles. The number of nitro benzene ring substituents is 1. The van der Waals surface area contributed by atoms with Crippen LogP contribution in [-0.2, 0) is 16.1 Å². The Morgan fingerprint density at radius 3 is 2.69 bits per heavy atom. The first-order chi connectivity index (χ1) is 12.4. The minimum atomic E-state index is -0.564. The topological polar surface area (TPSA) is 93.0 Å². The second-order valence-electron chi connectivity index (χ2n) is 5.97. The molecule has 3 rings (SSSR count). The van der Waals surface area contributed by atoms with Gasteiger partial charge in [0.2, 0.25) is 5.91 Å². The zero-order chi connectivity index (χ0) is 18.7. The van der Waals surface area contributed by atoms with Crippen LogP contribution in [0.3, 0.4) is 0 Å². The van der Waals surface area contributed by atoms with Gasteiger partial charge in [0, 0.05) is 19.7 Å². The molecule has 1 aliphatic rings. The first-order valence-electron chi connectivity index (χ1n) is 7.96. The summed E-state index contributed by atoms with van der Waals surface area (Å²) in [6.07, 6.45) is 0. The number of nitrogens with zero attached hydrogens (tertiary/aromatic N) is 3. The van der Waals surface area contributed by atoms with Crippen molar-refractivity contribution in [1.29, 1.82) is 0 Å². The summed E-state index contributed by atoms with van der Waals surface area (Å²) in [5, 5.41) is 10.9. The van der Waals surface area contributed by atoms with Crippen molar-refractivity contribution in [2.45, 2.75) is 6.54 Å². The maximum atomic E-state index is 12.5. The number of rotatable bonds is 5. The molecular formula is C18H17N3O5. The molecule has 26 heavy (non-hydrogen) atoms. The summed E-state index contributed by atoms with van der Waals surface area (Å²) >= 11 is 0. The number of hydrogen-bond donors (Lipinski definition) is 0. The van der Waals surface area contributed by atoms with Gasteiger partial charge in [-0.1, -0.05) is 30.3 Å². The van der Waals surface area contributed by atoms with E-state index < -0.39 is 10.9 Å². The summed E-state index contributed by atoms with van der Waals surface area (Å²) in [6.45, 7) is 0.337. The fourth-order valence-electron chi connectivity index (χ4n) is 2.73. The van der Waals surface area contributed by atoms with E-state index in [2.05, 4.69) is 0 Å². The Morgan fingerprint density at radius 1 is 1.27 bits per heavy atom. The fraction of sp³-hybridized carbons (Fsp3) is 0.222. The summed E-state index contributed by atoms with van der Waals surface area (Å²) in [5.74, 6) is -0.640. The van der Waals surface area contributed by atoms with Crippen molar-refractivity contribution in [3.05, 3.63) is 64.2 Å². The Hall–Kier alpha value is -3.42. The van der Waals surface area contributed by atoms with Crippen LogP contribution >= 0.6 is 0 Å². The molecular weight excluding hydrogens is 338 g/mol. The third-order valence-corrected chi connectivity index (χ3v) is 4.05. The molecule has 2 aromatic rings. The Labute approximate surface area is 149 Å². The predicted molar refractivity (Wildman–Crippen MR) is 93.9 cm³/mol. The van der Waals surface area contributed by atoms with Gasteiger partial charge in [-0.15, -0.1) is 0 Å². The lowest BCUT2D eigenvalue weighted by molar-refractivity contribution is -0.384. The van der Waals surface area contributed by atoms with Crippen LogP contribution in [-0.4, -0.2) is 41.8 Å². The number of ether oxygens (including phenoxy) is 1. The molecule has 0 bridgehead atoms. The van der Waals surface area contributed by atoms with Crippen LogP contribution < -0.4 is 9.64 Å². The molecule has 0 atom stereocenters. The molecule has 0 fully saturated rings. The van der Waals surface area contributed by atoms with Gasteiger partial charge >= 0.3 is 5.97 Å². The second-order valence-corrected chi connectivity index (χ2v) is 5.97. The number of non-ortho nitro benzene ring substituents is 1. The molecule has 8 nitrogen and oxygen atoms in total. The third-order valence-electron chi connectivity index (χ3n) is 4.05. The summed E-state index contributed by atoms with van der Waals surface area (Å²) in [7, 11) is 1.69. The van der Waals surface area contributed by atoms with Crippen molar-refractivity contribution >= 4 is 23.3 Å². The fourth-order valence-corrected chi connectivity index (χ4v) is 2.73. The zero-order valence-electron chi connectivity index (χ0n) is 14.1. The van der Waals surface area contributed by atoms with E-state index in [1.165, 1.54) is 18.2 Å². The minimum absolute atomic E-state index is 0.0246. The van der Waals surface area contributed by atoms with Crippen LogP contribution in [0.5, 0.6) is 5.75 Å². The van der Waals surface area contributed by atoms with Crippen LogP contribution in [0.2, 0.25) is 0 Å². The van der Waals surface area contributed by atoms with Gasteiger partial charge < -0.3 is 14.5 Å². The van der Waals surface area contributed by atoms with Crippen molar-refractivity contribution in [2.75, 3.05) is 25.0 Å². The number of esters is 1. The maximum absolute atomic E-state index is 12.5. The Bertz CT molecular complexity index is 853. The number of carbonyl (C=O) groups is 2. The van der Waals surface area contributed by atoms with Crippen molar-refractivity contribution in [3.63, 3.8) is 0 Å². The lowest BCUT2D eigenvalue weighted by atomic mass is 10.2. The molecule has 8 heteroatoms. The van der Waals surface area contributed by atoms with E-state index in [4.69, 9.17) is 4.74 Å². The molecule has 0 aromatic heterocycles. The number of carbonyl (C=O) groups excluding carboxylic acids is 2. The average molecular weight is 355 g/mol. The van der Waals surface area contributed by atoms with Gasteiger partial charge in [-0.05, 0) is 11.6 Å². The van der Waals surface area contributed by atoms with Gasteiger partial charge in [0.05, 0.1) is 23.2 Å². The molecule has 0 N–H and O–H groups in total. The van der Waals surface area contributed by atoms with Crippen molar-refractivity contribution in [3.8, 4) is 5.75 Å². The molecule has 0 aliphatic carbocycles. The number of nitro groups is 1. The van der Waals surface area contributed by atoms with Crippen molar-refractivity contribution in [2.24, 2.45) is 0 Å². The molecule has 0 spiro atoms. The number of amides is 1. The SMILES string of the molecule is CN(Cc1ccccc1)C(=O)CN1CC(=O)Oc2cc([N+](=O)[O-])ccc21. The number of benzene rings is 2. The van der Waals surface area contributed by atoms with E-state index in [0.717, 1.165) is 5.56 Å². The van der Waals surface area contributed by atoms with Gasteiger partial charge in [0.25, 0.3) is 5.69 Å². The standard InChI is InChI=1S/C18H17N3O5/c1-19(10-13-5-3-2-4-6-13)17(22)11-20-12-18(23)26-16-9-14(21(24)25)7-8-15(16)20/h2-9H,10-12H2,1H3. The molecule has 134 valence electrons. The van der Waals surface area contributed by atoms with Crippen molar-refractivity contribution < 1.29 is 19.2 Å². The van der Waals surface area contributed by atoms with E-state index in [0.29, 0.717) is 12.2 Å². The van der Waals surface area contributed by atoms with Crippen LogP contribution in [0.1, 0.15) is 5.56 Å². The van der Waals surface area contributed by atoms with Crippen LogP contribution in [0.4, 0.5) is 11.4 Å². The van der Waals surface area contributed by atoms with E-state index in [-0.39, 0.29) is 30.4 Å². The predicted octanol–water partition coefficient (Wildman–Crippen LogP) is 1.98.